The molecule has 0 bridgehead atoms. The van der Waals surface area contributed by atoms with Gasteiger partial charge in [0.05, 0.1) is 12.7 Å². The van der Waals surface area contributed by atoms with E-state index in [0.29, 0.717) is 35.7 Å². The van der Waals surface area contributed by atoms with E-state index in [-0.39, 0.29) is 11.8 Å². The van der Waals surface area contributed by atoms with Crippen LogP contribution in [0.25, 0.3) is 0 Å². The molecule has 0 spiro atoms. The van der Waals surface area contributed by atoms with Gasteiger partial charge in [-0.05, 0) is 42.7 Å². The van der Waals surface area contributed by atoms with E-state index in [2.05, 4.69) is 11.4 Å². The summed E-state index contributed by atoms with van der Waals surface area (Å²) < 4.78 is 5.19. The van der Waals surface area contributed by atoms with Gasteiger partial charge in [-0.25, -0.2) is 0 Å². The first-order valence-electron chi connectivity index (χ1n) is 8.60. The molecule has 0 fully saturated rings. The summed E-state index contributed by atoms with van der Waals surface area (Å²) in [5.74, 6) is 0.283. The molecule has 0 unspecified atom stereocenters. The van der Waals surface area contributed by atoms with Crippen LogP contribution in [-0.2, 0) is 11.2 Å². The van der Waals surface area contributed by atoms with Crippen LogP contribution < -0.4 is 15.0 Å². The number of methoxy groups -OCH3 is 1. The lowest BCUT2D eigenvalue weighted by Gasteiger charge is -2.17. The molecular formula is C20H21ClN2O3. The van der Waals surface area contributed by atoms with Crippen molar-refractivity contribution in [2.24, 2.45) is 0 Å². The van der Waals surface area contributed by atoms with Crippen LogP contribution in [-0.4, -0.2) is 32.0 Å². The van der Waals surface area contributed by atoms with Crippen LogP contribution in [0.4, 0.5) is 5.69 Å². The largest absolute Gasteiger partial charge is 0.496 e. The number of carbonyl (C=O) groups excluding carboxylic acids is 2. The first kappa shape index (κ1) is 18.3. The second-order valence-corrected chi connectivity index (χ2v) is 6.56. The van der Waals surface area contributed by atoms with E-state index in [9.17, 15) is 9.59 Å². The van der Waals surface area contributed by atoms with Crippen LogP contribution in [0.1, 0.15) is 28.8 Å². The third-order valence-electron chi connectivity index (χ3n) is 4.45. The molecule has 1 aliphatic heterocycles. The van der Waals surface area contributed by atoms with Gasteiger partial charge in [0, 0.05) is 30.2 Å². The maximum absolute atomic E-state index is 12.4. The molecule has 0 saturated heterocycles. The molecule has 3 rings (SSSR count). The molecule has 0 aliphatic carbocycles. The number of anilines is 1. The standard InChI is InChI=1S/C20H21ClN2O3/c1-26-18-13-15(21)8-9-16(18)20(25)22-11-4-7-19(24)23-12-10-14-5-2-3-6-17(14)23/h2-3,5-6,8-9,13H,4,7,10-12H2,1H3,(H,22,25). The Kier molecular flexibility index (Phi) is 5.78. The first-order chi connectivity index (χ1) is 12.6. The zero-order valence-electron chi connectivity index (χ0n) is 14.6. The average Bonchev–Trinajstić information content (AvgIpc) is 3.09. The van der Waals surface area contributed by atoms with Crippen molar-refractivity contribution in [1.29, 1.82) is 0 Å². The summed E-state index contributed by atoms with van der Waals surface area (Å²) >= 11 is 5.91. The van der Waals surface area contributed by atoms with Gasteiger partial charge in [-0.1, -0.05) is 29.8 Å². The lowest BCUT2D eigenvalue weighted by Crippen LogP contribution is -2.30. The fourth-order valence-corrected chi connectivity index (χ4v) is 3.28. The SMILES string of the molecule is COc1cc(Cl)ccc1C(=O)NCCCC(=O)N1CCc2ccccc21. The number of carbonyl (C=O) groups is 2. The van der Waals surface area contributed by atoms with Gasteiger partial charge < -0.3 is 15.0 Å². The molecular weight excluding hydrogens is 352 g/mol. The summed E-state index contributed by atoms with van der Waals surface area (Å²) in [4.78, 5) is 26.5. The number of hydrogen-bond acceptors (Lipinski definition) is 3. The quantitative estimate of drug-likeness (QED) is 0.790. The van der Waals surface area contributed by atoms with E-state index in [4.69, 9.17) is 16.3 Å². The van der Waals surface area contributed by atoms with Gasteiger partial charge in [-0.15, -0.1) is 0 Å². The van der Waals surface area contributed by atoms with Crippen LogP contribution >= 0.6 is 11.6 Å². The number of halogens is 1. The van der Waals surface area contributed by atoms with Crippen LogP contribution in [0.2, 0.25) is 5.02 Å². The molecule has 5 nitrogen and oxygen atoms in total. The van der Waals surface area contributed by atoms with Crippen molar-refractivity contribution >= 4 is 29.1 Å². The Morgan fingerprint density at radius 2 is 2.04 bits per heavy atom. The molecule has 0 atom stereocenters. The van der Waals surface area contributed by atoms with Crippen molar-refractivity contribution in [3.8, 4) is 5.75 Å². The van der Waals surface area contributed by atoms with Gasteiger partial charge in [-0.2, -0.15) is 0 Å². The number of fused-ring (bicyclic) bond motifs is 1. The number of para-hydroxylation sites is 1. The molecule has 1 heterocycles. The Morgan fingerprint density at radius 1 is 1.23 bits per heavy atom. The maximum atomic E-state index is 12.4. The fourth-order valence-electron chi connectivity index (χ4n) is 3.12. The highest BCUT2D eigenvalue weighted by atomic mass is 35.5. The van der Waals surface area contributed by atoms with E-state index in [1.807, 2.05) is 23.1 Å². The van der Waals surface area contributed by atoms with Crippen molar-refractivity contribution in [2.45, 2.75) is 19.3 Å². The molecule has 136 valence electrons. The lowest BCUT2D eigenvalue weighted by atomic mass is 10.1. The van der Waals surface area contributed by atoms with E-state index >= 15 is 0 Å². The summed E-state index contributed by atoms with van der Waals surface area (Å²) in [5, 5.41) is 3.33. The third kappa shape index (κ3) is 3.99. The van der Waals surface area contributed by atoms with Gasteiger partial charge in [0.25, 0.3) is 5.91 Å². The van der Waals surface area contributed by atoms with E-state index < -0.39 is 0 Å². The first-order valence-corrected chi connectivity index (χ1v) is 8.98. The molecule has 1 N–H and O–H groups in total. The van der Waals surface area contributed by atoms with Gasteiger partial charge in [0.15, 0.2) is 0 Å². The number of nitrogens with one attached hydrogen (secondary N) is 1. The van der Waals surface area contributed by atoms with Crippen LogP contribution in [0.3, 0.4) is 0 Å². The summed E-state index contributed by atoms with van der Waals surface area (Å²) in [6, 6.07) is 12.9. The van der Waals surface area contributed by atoms with Gasteiger partial charge in [0.1, 0.15) is 5.75 Å². The minimum atomic E-state index is -0.238. The number of benzene rings is 2. The molecule has 2 amide bonds. The molecule has 0 aromatic heterocycles. The maximum Gasteiger partial charge on any atom is 0.255 e. The number of rotatable bonds is 6. The monoisotopic (exact) mass is 372 g/mol. The average molecular weight is 373 g/mol. The van der Waals surface area contributed by atoms with Gasteiger partial charge >= 0.3 is 0 Å². The van der Waals surface area contributed by atoms with Crippen LogP contribution in [0.5, 0.6) is 5.75 Å². The zero-order chi connectivity index (χ0) is 18.5. The molecule has 2 aromatic rings. The number of ether oxygens (including phenoxy) is 1. The Labute approximate surface area is 157 Å². The highest BCUT2D eigenvalue weighted by Gasteiger charge is 2.23. The second kappa shape index (κ2) is 8.23. The highest BCUT2D eigenvalue weighted by molar-refractivity contribution is 6.30. The van der Waals surface area contributed by atoms with Crippen molar-refractivity contribution in [1.82, 2.24) is 5.32 Å². The van der Waals surface area contributed by atoms with Crippen molar-refractivity contribution in [2.75, 3.05) is 25.1 Å². The Bertz CT molecular complexity index is 822. The third-order valence-corrected chi connectivity index (χ3v) is 4.68. The zero-order valence-corrected chi connectivity index (χ0v) is 15.4. The number of hydrogen-bond donors (Lipinski definition) is 1. The predicted molar refractivity (Wildman–Crippen MR) is 102 cm³/mol. The Morgan fingerprint density at radius 3 is 2.85 bits per heavy atom. The lowest BCUT2D eigenvalue weighted by molar-refractivity contribution is -0.118. The van der Waals surface area contributed by atoms with Crippen molar-refractivity contribution < 1.29 is 14.3 Å². The molecule has 0 saturated carbocycles. The smallest absolute Gasteiger partial charge is 0.255 e. The topological polar surface area (TPSA) is 58.6 Å². The number of nitrogens with zero attached hydrogens (tertiary/aromatic N) is 1. The molecule has 0 radical (unpaired) electrons. The number of amides is 2. The minimum absolute atomic E-state index is 0.0910. The Balaban J connectivity index is 1.49. The van der Waals surface area contributed by atoms with E-state index in [1.54, 1.807) is 18.2 Å². The molecule has 6 heteroatoms. The Hall–Kier alpha value is -2.53. The van der Waals surface area contributed by atoms with Gasteiger partial charge in [-0.3, -0.25) is 9.59 Å². The normalized spacial score (nSPS) is 12.6. The van der Waals surface area contributed by atoms with Crippen molar-refractivity contribution in [3.63, 3.8) is 0 Å². The summed E-state index contributed by atoms with van der Waals surface area (Å²) in [6.07, 6.45) is 1.88. The van der Waals surface area contributed by atoms with Gasteiger partial charge in [0.2, 0.25) is 5.91 Å². The highest BCUT2D eigenvalue weighted by Crippen LogP contribution is 2.28. The summed E-state index contributed by atoms with van der Waals surface area (Å²) in [5.41, 5.74) is 2.65. The molecule has 2 aromatic carbocycles. The summed E-state index contributed by atoms with van der Waals surface area (Å²) in [6.45, 7) is 1.15. The van der Waals surface area contributed by atoms with E-state index in [0.717, 1.165) is 18.7 Å². The predicted octanol–water partition coefficient (Wildman–Crippen LogP) is 3.45. The molecule has 26 heavy (non-hydrogen) atoms. The summed E-state index contributed by atoms with van der Waals surface area (Å²) in [7, 11) is 1.50. The van der Waals surface area contributed by atoms with E-state index in [1.165, 1.54) is 12.7 Å². The fraction of sp³-hybridized carbons (Fsp3) is 0.300. The van der Waals surface area contributed by atoms with Crippen LogP contribution in [0, 0.1) is 0 Å². The molecule has 1 aliphatic rings. The van der Waals surface area contributed by atoms with Crippen molar-refractivity contribution in [3.05, 3.63) is 58.6 Å². The van der Waals surface area contributed by atoms with Crippen LogP contribution in [0.15, 0.2) is 42.5 Å². The second-order valence-electron chi connectivity index (χ2n) is 6.13. The minimum Gasteiger partial charge on any atom is -0.496 e.